The van der Waals surface area contributed by atoms with Gasteiger partial charge in [-0.25, -0.2) is 14.2 Å². The summed E-state index contributed by atoms with van der Waals surface area (Å²) in [6, 6.07) is 7.74. The quantitative estimate of drug-likeness (QED) is 0.374. The smallest absolute Gasteiger partial charge is 0.413 e. The lowest BCUT2D eigenvalue weighted by Gasteiger charge is -2.15. The number of nitrogens with one attached hydrogen (secondary N) is 2. The molecule has 2 amide bonds. The van der Waals surface area contributed by atoms with Crippen LogP contribution >= 0.6 is 11.6 Å². The van der Waals surface area contributed by atoms with Gasteiger partial charge in [0.15, 0.2) is 0 Å². The average molecular weight is 496 g/mol. The van der Waals surface area contributed by atoms with Crippen LogP contribution < -0.4 is 10.6 Å². The van der Waals surface area contributed by atoms with E-state index in [-0.39, 0.29) is 16.6 Å². The molecule has 1 atom stereocenters. The molecule has 0 aliphatic rings. The molecule has 0 saturated carbocycles. The molecule has 12 heteroatoms. The van der Waals surface area contributed by atoms with Crippen molar-refractivity contribution in [1.29, 1.82) is 0 Å². The molecule has 178 valence electrons. The normalized spacial score (nSPS) is 11.5. The lowest BCUT2D eigenvalue weighted by Crippen LogP contribution is -2.19. The van der Waals surface area contributed by atoms with Crippen LogP contribution in [0.3, 0.4) is 0 Å². The Bertz CT molecular complexity index is 1360. The fraction of sp³-hybridized carbons (Fsp3) is 0.130. The molecule has 4 aromatic heterocycles. The molecule has 0 bridgehead atoms. The molecular formula is C23H19ClFN7O3. The zero-order valence-corrected chi connectivity index (χ0v) is 19.3. The summed E-state index contributed by atoms with van der Waals surface area (Å²) in [6.07, 6.45) is 5.39. The molecule has 0 saturated heterocycles. The van der Waals surface area contributed by atoms with Crippen molar-refractivity contribution >= 4 is 35.1 Å². The predicted molar refractivity (Wildman–Crippen MR) is 126 cm³/mol. The molecule has 0 radical (unpaired) electrons. The molecule has 0 fully saturated rings. The van der Waals surface area contributed by atoms with Crippen LogP contribution in [-0.2, 0) is 11.8 Å². The number of halogens is 2. The first-order valence-corrected chi connectivity index (χ1v) is 10.7. The Morgan fingerprint density at radius 1 is 1.09 bits per heavy atom. The molecule has 10 nitrogen and oxygen atoms in total. The Balaban J connectivity index is 1.46. The number of nitrogens with zero attached hydrogens (tertiary/aromatic N) is 5. The maximum atomic E-state index is 13.5. The second-order valence-corrected chi connectivity index (χ2v) is 7.72. The van der Waals surface area contributed by atoms with Crippen molar-refractivity contribution in [2.75, 3.05) is 10.6 Å². The minimum Gasteiger partial charge on any atom is -0.441 e. The molecule has 0 aliphatic heterocycles. The van der Waals surface area contributed by atoms with E-state index in [0.29, 0.717) is 28.3 Å². The van der Waals surface area contributed by atoms with Gasteiger partial charge >= 0.3 is 6.09 Å². The molecular weight excluding hydrogens is 477 g/mol. The number of hydrogen-bond donors (Lipinski definition) is 2. The maximum absolute atomic E-state index is 13.5. The summed E-state index contributed by atoms with van der Waals surface area (Å²) in [5, 5.41) is 9.57. The number of ether oxygens (including phenoxy) is 1. The van der Waals surface area contributed by atoms with Gasteiger partial charge in [-0.2, -0.15) is 5.10 Å². The third-order valence-electron chi connectivity index (χ3n) is 4.95. The van der Waals surface area contributed by atoms with E-state index < -0.39 is 18.0 Å². The fourth-order valence-electron chi connectivity index (χ4n) is 3.17. The number of pyridine rings is 3. The predicted octanol–water partition coefficient (Wildman–Crippen LogP) is 4.63. The van der Waals surface area contributed by atoms with E-state index in [4.69, 9.17) is 16.3 Å². The van der Waals surface area contributed by atoms with E-state index in [1.54, 1.807) is 50.6 Å². The SMILES string of the molecule is CC(OC(=O)Nc1c(-c2ccc(C(=O)Nc3ccncc3)cn2)cnn1C)c1cc(F)cnc1Cl. The summed E-state index contributed by atoms with van der Waals surface area (Å²) < 4.78 is 20.3. The Morgan fingerprint density at radius 3 is 2.57 bits per heavy atom. The minimum atomic E-state index is -0.862. The second-order valence-electron chi connectivity index (χ2n) is 7.36. The molecule has 2 N–H and O–H groups in total. The van der Waals surface area contributed by atoms with Crippen molar-refractivity contribution in [3.63, 3.8) is 0 Å². The summed E-state index contributed by atoms with van der Waals surface area (Å²) in [5.74, 6) is -0.617. The van der Waals surface area contributed by atoms with Crippen molar-refractivity contribution in [3.05, 3.63) is 83.4 Å². The number of aryl methyl sites for hydroxylation is 1. The maximum Gasteiger partial charge on any atom is 0.413 e. The van der Waals surface area contributed by atoms with Crippen molar-refractivity contribution in [3.8, 4) is 11.3 Å². The van der Waals surface area contributed by atoms with E-state index in [1.807, 2.05) is 0 Å². The van der Waals surface area contributed by atoms with Crippen LogP contribution in [0.4, 0.5) is 20.7 Å². The second kappa shape index (κ2) is 10.3. The van der Waals surface area contributed by atoms with Gasteiger partial charge in [-0.3, -0.25) is 24.8 Å². The van der Waals surface area contributed by atoms with Crippen LogP contribution in [0, 0.1) is 5.82 Å². The number of anilines is 2. The average Bonchev–Trinajstić information content (AvgIpc) is 3.21. The van der Waals surface area contributed by atoms with Crippen molar-refractivity contribution in [1.82, 2.24) is 24.7 Å². The molecule has 0 aliphatic carbocycles. The Labute approximate surface area is 204 Å². The molecule has 0 aromatic carbocycles. The van der Waals surface area contributed by atoms with Crippen molar-refractivity contribution < 1.29 is 18.7 Å². The van der Waals surface area contributed by atoms with Gasteiger partial charge < -0.3 is 10.1 Å². The number of aromatic nitrogens is 5. The topological polar surface area (TPSA) is 124 Å². The number of rotatable bonds is 6. The van der Waals surface area contributed by atoms with E-state index >= 15 is 0 Å². The monoisotopic (exact) mass is 495 g/mol. The van der Waals surface area contributed by atoms with Gasteiger partial charge in [0.1, 0.15) is 22.9 Å². The van der Waals surface area contributed by atoms with Crippen molar-refractivity contribution in [2.24, 2.45) is 7.05 Å². The highest BCUT2D eigenvalue weighted by Crippen LogP contribution is 2.28. The number of amides is 2. The van der Waals surface area contributed by atoms with Gasteiger partial charge in [-0.05, 0) is 37.3 Å². The summed E-state index contributed by atoms with van der Waals surface area (Å²) in [4.78, 5) is 36.9. The Hall–Kier alpha value is -4.38. The summed E-state index contributed by atoms with van der Waals surface area (Å²) in [5.41, 5.74) is 2.16. The fourth-order valence-corrected chi connectivity index (χ4v) is 3.43. The third-order valence-corrected chi connectivity index (χ3v) is 5.27. The Kier molecular flexibility index (Phi) is 6.97. The van der Waals surface area contributed by atoms with Gasteiger partial charge in [-0.1, -0.05) is 11.6 Å². The van der Waals surface area contributed by atoms with E-state index in [9.17, 15) is 14.0 Å². The van der Waals surface area contributed by atoms with Crippen LogP contribution in [0.1, 0.15) is 28.9 Å². The molecule has 35 heavy (non-hydrogen) atoms. The van der Waals surface area contributed by atoms with Gasteiger partial charge in [0.2, 0.25) is 0 Å². The van der Waals surface area contributed by atoms with E-state index in [2.05, 4.69) is 30.7 Å². The van der Waals surface area contributed by atoms with Gasteiger partial charge in [0.05, 0.1) is 29.2 Å². The molecule has 4 rings (SSSR count). The number of carbonyl (C=O) groups excluding carboxylic acids is 2. The van der Waals surface area contributed by atoms with Gasteiger partial charge in [0.25, 0.3) is 5.91 Å². The lowest BCUT2D eigenvalue weighted by molar-refractivity contribution is 0.102. The zero-order valence-electron chi connectivity index (χ0n) is 18.6. The minimum absolute atomic E-state index is 0.0326. The lowest BCUT2D eigenvalue weighted by atomic mass is 10.1. The first-order valence-electron chi connectivity index (χ1n) is 10.3. The van der Waals surface area contributed by atoms with E-state index in [0.717, 1.165) is 12.3 Å². The Morgan fingerprint density at radius 2 is 1.86 bits per heavy atom. The summed E-state index contributed by atoms with van der Waals surface area (Å²) in [7, 11) is 1.63. The number of hydrogen-bond acceptors (Lipinski definition) is 7. The first kappa shape index (κ1) is 23.8. The molecule has 0 spiro atoms. The highest BCUT2D eigenvalue weighted by molar-refractivity contribution is 6.30. The van der Waals surface area contributed by atoms with Crippen LogP contribution in [0.2, 0.25) is 5.15 Å². The highest BCUT2D eigenvalue weighted by Gasteiger charge is 2.20. The van der Waals surface area contributed by atoms with Gasteiger partial charge in [0, 0.05) is 36.9 Å². The molecule has 4 aromatic rings. The standard InChI is InChI=1S/C23H19ClFN7O3/c1-13(17-9-15(25)11-28-20(17)24)35-23(34)31-21-18(12-29-32(21)2)19-4-3-14(10-27-19)22(33)30-16-5-7-26-8-6-16/h3-13H,1-2H3,(H,31,34)(H,26,30,33). The van der Waals surface area contributed by atoms with Crippen LogP contribution in [0.25, 0.3) is 11.3 Å². The largest absolute Gasteiger partial charge is 0.441 e. The van der Waals surface area contributed by atoms with Crippen LogP contribution in [0.5, 0.6) is 0 Å². The highest BCUT2D eigenvalue weighted by atomic mass is 35.5. The molecule has 4 heterocycles. The van der Waals surface area contributed by atoms with E-state index in [1.165, 1.54) is 17.1 Å². The molecule has 1 unspecified atom stereocenters. The van der Waals surface area contributed by atoms with Crippen LogP contribution in [0.15, 0.2) is 61.3 Å². The zero-order chi connectivity index (χ0) is 24.9. The third kappa shape index (κ3) is 5.58. The van der Waals surface area contributed by atoms with Gasteiger partial charge in [-0.15, -0.1) is 0 Å². The summed E-state index contributed by atoms with van der Waals surface area (Å²) >= 11 is 5.98. The van der Waals surface area contributed by atoms with Crippen LogP contribution in [-0.4, -0.2) is 36.7 Å². The number of carbonyl (C=O) groups is 2. The first-order chi connectivity index (χ1) is 16.8. The summed E-state index contributed by atoms with van der Waals surface area (Å²) in [6.45, 7) is 1.54. The van der Waals surface area contributed by atoms with Crippen molar-refractivity contribution in [2.45, 2.75) is 13.0 Å².